The Morgan fingerprint density at radius 1 is 1.00 bits per heavy atom. The number of amides is 2. The highest BCUT2D eigenvalue weighted by Gasteiger charge is 2.27. The van der Waals surface area contributed by atoms with E-state index in [-0.39, 0.29) is 48.6 Å². The SMILES string of the molecule is O=C(Nc1ccc2c(c1)OCO2)C1CCN(C(=O)CCn2[nH]c(=O)c3ccccc3c2=O)CC1. The molecule has 10 heteroatoms. The fourth-order valence-corrected chi connectivity index (χ4v) is 4.38. The second kappa shape index (κ2) is 9.05. The number of aryl methyl sites for hydroxylation is 1. The maximum absolute atomic E-state index is 12.7. The second-order valence-corrected chi connectivity index (χ2v) is 8.41. The van der Waals surface area contributed by atoms with Gasteiger partial charge in [-0.3, -0.25) is 24.3 Å². The Balaban J connectivity index is 1.14. The first-order valence-corrected chi connectivity index (χ1v) is 11.2. The minimum Gasteiger partial charge on any atom is -0.454 e. The minimum absolute atomic E-state index is 0.0856. The number of rotatable bonds is 5. The number of likely N-dealkylation sites (tertiary alicyclic amines) is 1. The number of piperidine rings is 1. The van der Waals surface area contributed by atoms with Gasteiger partial charge in [0.05, 0.1) is 17.3 Å². The fourth-order valence-electron chi connectivity index (χ4n) is 4.38. The predicted octanol–water partition coefficient (Wildman–Crippen LogP) is 1.69. The molecule has 0 spiro atoms. The molecule has 1 fully saturated rings. The number of H-pyrrole nitrogens is 1. The summed E-state index contributed by atoms with van der Waals surface area (Å²) in [5.74, 6) is 0.848. The Hall–Kier alpha value is -4.08. The third kappa shape index (κ3) is 4.26. The van der Waals surface area contributed by atoms with E-state index in [4.69, 9.17) is 9.47 Å². The molecule has 2 amide bonds. The molecule has 2 N–H and O–H groups in total. The number of fused-ring (bicyclic) bond motifs is 2. The Morgan fingerprint density at radius 3 is 2.53 bits per heavy atom. The number of nitrogens with one attached hydrogen (secondary N) is 2. The maximum atomic E-state index is 12.7. The van der Waals surface area contributed by atoms with Crippen molar-refractivity contribution < 1.29 is 19.1 Å². The average molecular weight is 464 g/mol. The molecular formula is C24H24N4O6. The van der Waals surface area contributed by atoms with Crippen LogP contribution >= 0.6 is 0 Å². The van der Waals surface area contributed by atoms with E-state index in [9.17, 15) is 19.2 Å². The van der Waals surface area contributed by atoms with E-state index in [2.05, 4.69) is 10.4 Å². The summed E-state index contributed by atoms with van der Waals surface area (Å²) in [4.78, 5) is 51.9. The molecule has 1 aromatic heterocycles. The summed E-state index contributed by atoms with van der Waals surface area (Å²) >= 11 is 0. The summed E-state index contributed by atoms with van der Waals surface area (Å²) in [6, 6.07) is 11.9. The molecule has 2 aliphatic heterocycles. The van der Waals surface area contributed by atoms with Crippen molar-refractivity contribution in [1.82, 2.24) is 14.7 Å². The van der Waals surface area contributed by atoms with E-state index in [0.29, 0.717) is 53.9 Å². The van der Waals surface area contributed by atoms with Crippen molar-refractivity contribution in [2.24, 2.45) is 5.92 Å². The van der Waals surface area contributed by atoms with E-state index in [1.165, 1.54) is 4.68 Å². The summed E-state index contributed by atoms with van der Waals surface area (Å²) < 4.78 is 11.8. The normalized spacial score (nSPS) is 15.5. The zero-order valence-corrected chi connectivity index (χ0v) is 18.4. The van der Waals surface area contributed by atoms with Gasteiger partial charge in [-0.2, -0.15) is 0 Å². The quantitative estimate of drug-likeness (QED) is 0.592. The highest BCUT2D eigenvalue weighted by atomic mass is 16.7. The van der Waals surface area contributed by atoms with Crippen LogP contribution in [-0.4, -0.2) is 46.4 Å². The van der Waals surface area contributed by atoms with Crippen molar-refractivity contribution in [2.75, 3.05) is 25.2 Å². The molecule has 0 atom stereocenters. The first kappa shape index (κ1) is 21.7. The van der Waals surface area contributed by atoms with Gasteiger partial charge in [-0.25, -0.2) is 4.68 Å². The lowest BCUT2D eigenvalue weighted by molar-refractivity contribution is -0.134. The van der Waals surface area contributed by atoms with E-state index >= 15 is 0 Å². The van der Waals surface area contributed by atoms with Crippen LogP contribution < -0.4 is 25.9 Å². The summed E-state index contributed by atoms with van der Waals surface area (Å²) in [6.45, 7) is 1.18. The maximum Gasteiger partial charge on any atom is 0.273 e. The van der Waals surface area contributed by atoms with E-state index in [0.717, 1.165) is 0 Å². The van der Waals surface area contributed by atoms with Crippen molar-refractivity contribution in [3.05, 3.63) is 63.2 Å². The molecule has 2 aliphatic rings. The van der Waals surface area contributed by atoms with Gasteiger partial charge in [-0.05, 0) is 37.1 Å². The lowest BCUT2D eigenvalue weighted by atomic mass is 9.95. The molecule has 0 bridgehead atoms. The van der Waals surface area contributed by atoms with Crippen molar-refractivity contribution in [3.8, 4) is 11.5 Å². The third-order valence-corrected chi connectivity index (χ3v) is 6.29. The Labute approximate surface area is 194 Å². The molecule has 5 rings (SSSR count). The molecule has 176 valence electrons. The second-order valence-electron chi connectivity index (χ2n) is 8.41. The standard InChI is InChI=1S/C24H24N4O6/c29-21(9-12-28-24(32)18-4-2-1-3-17(18)23(31)26-28)27-10-7-15(8-11-27)22(30)25-16-5-6-19-20(13-16)34-14-33-19/h1-6,13,15H,7-12,14H2,(H,25,30)(H,26,31). The summed E-state index contributed by atoms with van der Waals surface area (Å²) in [5.41, 5.74) is -0.0543. The molecule has 0 saturated carbocycles. The van der Waals surface area contributed by atoms with Crippen LogP contribution in [0.25, 0.3) is 10.8 Å². The topological polar surface area (TPSA) is 123 Å². The summed E-state index contributed by atoms with van der Waals surface area (Å²) in [5, 5.41) is 6.11. The number of aromatic nitrogens is 2. The molecule has 0 aliphatic carbocycles. The molecule has 0 unspecified atom stereocenters. The van der Waals surface area contributed by atoms with Crippen molar-refractivity contribution in [3.63, 3.8) is 0 Å². The minimum atomic E-state index is -0.364. The molecule has 2 aromatic carbocycles. The number of hydrogen-bond acceptors (Lipinski definition) is 6. The smallest absolute Gasteiger partial charge is 0.273 e. The van der Waals surface area contributed by atoms with Gasteiger partial charge in [0.1, 0.15) is 0 Å². The number of carbonyl (C=O) groups excluding carboxylic acids is 2. The van der Waals surface area contributed by atoms with Gasteiger partial charge in [0, 0.05) is 37.2 Å². The lowest BCUT2D eigenvalue weighted by Gasteiger charge is -2.31. The molecule has 0 radical (unpaired) electrons. The van der Waals surface area contributed by atoms with Gasteiger partial charge >= 0.3 is 0 Å². The number of hydrogen-bond donors (Lipinski definition) is 2. The molecule has 34 heavy (non-hydrogen) atoms. The number of carbonyl (C=O) groups is 2. The van der Waals surface area contributed by atoms with Crippen LogP contribution in [0, 0.1) is 5.92 Å². The van der Waals surface area contributed by atoms with Crippen LogP contribution in [0.5, 0.6) is 11.5 Å². The highest BCUT2D eigenvalue weighted by molar-refractivity contribution is 5.93. The Bertz CT molecular complexity index is 1370. The monoisotopic (exact) mass is 464 g/mol. The molecule has 3 heterocycles. The predicted molar refractivity (Wildman–Crippen MR) is 124 cm³/mol. The number of aromatic amines is 1. The van der Waals surface area contributed by atoms with Crippen LogP contribution in [0.3, 0.4) is 0 Å². The Kier molecular flexibility index (Phi) is 5.79. The van der Waals surface area contributed by atoms with Gasteiger partial charge < -0.3 is 19.7 Å². The van der Waals surface area contributed by atoms with Crippen LogP contribution in [0.2, 0.25) is 0 Å². The Morgan fingerprint density at radius 2 is 1.74 bits per heavy atom. The lowest BCUT2D eigenvalue weighted by Crippen LogP contribution is -2.42. The van der Waals surface area contributed by atoms with Gasteiger partial charge in [0.15, 0.2) is 11.5 Å². The van der Waals surface area contributed by atoms with Crippen LogP contribution in [0.1, 0.15) is 19.3 Å². The van der Waals surface area contributed by atoms with Crippen LogP contribution in [0.4, 0.5) is 5.69 Å². The van der Waals surface area contributed by atoms with Crippen LogP contribution in [-0.2, 0) is 16.1 Å². The van der Waals surface area contributed by atoms with E-state index in [1.807, 2.05) is 0 Å². The van der Waals surface area contributed by atoms with Crippen molar-refractivity contribution in [2.45, 2.75) is 25.8 Å². The molecule has 3 aromatic rings. The van der Waals surface area contributed by atoms with Crippen molar-refractivity contribution in [1.29, 1.82) is 0 Å². The largest absolute Gasteiger partial charge is 0.454 e. The van der Waals surface area contributed by atoms with Gasteiger partial charge in [-0.15, -0.1) is 0 Å². The number of benzene rings is 2. The van der Waals surface area contributed by atoms with E-state index in [1.54, 1.807) is 47.4 Å². The van der Waals surface area contributed by atoms with Gasteiger partial charge in [-0.1, -0.05) is 12.1 Å². The summed E-state index contributed by atoms with van der Waals surface area (Å²) in [6.07, 6.45) is 1.19. The molecule has 10 nitrogen and oxygen atoms in total. The molecule has 1 saturated heterocycles. The third-order valence-electron chi connectivity index (χ3n) is 6.29. The zero-order chi connectivity index (χ0) is 23.7. The number of nitrogens with zero attached hydrogens (tertiary/aromatic N) is 2. The zero-order valence-electron chi connectivity index (χ0n) is 18.4. The first-order chi connectivity index (χ1) is 16.5. The summed E-state index contributed by atoms with van der Waals surface area (Å²) in [7, 11) is 0. The molecular weight excluding hydrogens is 440 g/mol. The average Bonchev–Trinajstić information content (AvgIpc) is 3.33. The van der Waals surface area contributed by atoms with Crippen molar-refractivity contribution >= 4 is 28.3 Å². The van der Waals surface area contributed by atoms with Crippen LogP contribution in [0.15, 0.2) is 52.1 Å². The number of ether oxygens (including phenoxy) is 2. The van der Waals surface area contributed by atoms with Gasteiger partial charge in [0.2, 0.25) is 18.6 Å². The first-order valence-electron chi connectivity index (χ1n) is 11.2. The highest BCUT2D eigenvalue weighted by Crippen LogP contribution is 2.34. The fraction of sp³-hybridized carbons (Fsp3) is 0.333. The number of anilines is 1. The van der Waals surface area contributed by atoms with Gasteiger partial charge in [0.25, 0.3) is 11.1 Å². The van der Waals surface area contributed by atoms with E-state index < -0.39 is 0 Å².